The van der Waals surface area contributed by atoms with Gasteiger partial charge in [-0.05, 0) is 29.7 Å². The Labute approximate surface area is 186 Å². The van der Waals surface area contributed by atoms with Crippen LogP contribution in [0.15, 0.2) is 59.8 Å². The van der Waals surface area contributed by atoms with Crippen LogP contribution in [0, 0.1) is 0 Å². The summed E-state index contributed by atoms with van der Waals surface area (Å²) in [6.45, 7) is -0.0261. The number of hydrogen-bond donors (Lipinski definition) is 1. The largest absolute Gasteiger partial charge is 0.497 e. The van der Waals surface area contributed by atoms with Gasteiger partial charge in [-0.2, -0.15) is 0 Å². The third-order valence-electron chi connectivity index (χ3n) is 4.95. The Morgan fingerprint density at radius 2 is 1.81 bits per heavy atom. The summed E-state index contributed by atoms with van der Waals surface area (Å²) in [5.41, 5.74) is 7.81. The van der Waals surface area contributed by atoms with Gasteiger partial charge in [-0.15, -0.1) is 0 Å². The van der Waals surface area contributed by atoms with E-state index in [1.165, 1.54) is 7.11 Å². The van der Waals surface area contributed by atoms with E-state index in [0.29, 0.717) is 18.1 Å². The monoisotopic (exact) mass is 441 g/mol. The average molecular weight is 441 g/mol. The first-order valence-electron chi connectivity index (χ1n) is 10.2. The standard InChI is InChI=1S/C23H27N3O6/c1-29-18-10-8-16(9-11-18)12-20(24)22(27)26(14-19-13-21(30-2)25-32-19)23(28)31-15-17-6-4-3-5-7-17/h3-11,19-20H,12-15,24H2,1-2H3/t19?,20-/m0/s1. The van der Waals surface area contributed by atoms with E-state index in [1.54, 1.807) is 19.2 Å². The Kier molecular flexibility index (Phi) is 8.04. The lowest BCUT2D eigenvalue weighted by molar-refractivity contribution is -0.132. The molecule has 2 atom stereocenters. The van der Waals surface area contributed by atoms with Crippen LogP contribution in [0.4, 0.5) is 4.79 Å². The Morgan fingerprint density at radius 3 is 2.44 bits per heavy atom. The van der Waals surface area contributed by atoms with Gasteiger partial charge >= 0.3 is 6.09 Å². The number of oxime groups is 1. The van der Waals surface area contributed by atoms with Crippen LogP contribution >= 0.6 is 0 Å². The van der Waals surface area contributed by atoms with Crippen LogP contribution in [-0.2, 0) is 32.1 Å². The van der Waals surface area contributed by atoms with Gasteiger partial charge in [-0.1, -0.05) is 47.6 Å². The van der Waals surface area contributed by atoms with Gasteiger partial charge in [0.05, 0.1) is 33.2 Å². The Bertz CT molecular complexity index is 933. The molecule has 2 aromatic carbocycles. The van der Waals surface area contributed by atoms with Gasteiger partial charge < -0.3 is 24.8 Å². The number of imide groups is 1. The number of methoxy groups -OCH3 is 2. The molecule has 0 saturated carbocycles. The third-order valence-corrected chi connectivity index (χ3v) is 4.95. The van der Waals surface area contributed by atoms with Gasteiger partial charge in [0, 0.05) is 0 Å². The second-order valence-corrected chi connectivity index (χ2v) is 7.27. The molecule has 0 bridgehead atoms. The molecule has 1 unspecified atom stereocenters. The van der Waals surface area contributed by atoms with E-state index in [2.05, 4.69) is 5.16 Å². The zero-order valence-corrected chi connectivity index (χ0v) is 18.1. The minimum Gasteiger partial charge on any atom is -0.497 e. The van der Waals surface area contributed by atoms with Crippen molar-refractivity contribution in [3.8, 4) is 5.75 Å². The number of rotatable bonds is 8. The molecule has 170 valence electrons. The number of hydrogen-bond acceptors (Lipinski definition) is 8. The maximum Gasteiger partial charge on any atom is 0.417 e. The number of nitrogens with zero attached hydrogens (tertiary/aromatic N) is 2. The van der Waals surface area contributed by atoms with Gasteiger partial charge in [0.1, 0.15) is 12.4 Å². The molecule has 9 nitrogen and oxygen atoms in total. The summed E-state index contributed by atoms with van der Waals surface area (Å²) in [6, 6.07) is 15.5. The second kappa shape index (κ2) is 11.1. The number of ether oxygens (including phenoxy) is 3. The molecular weight excluding hydrogens is 414 g/mol. The molecule has 2 aromatic rings. The van der Waals surface area contributed by atoms with E-state index in [-0.39, 0.29) is 19.6 Å². The molecular formula is C23H27N3O6. The van der Waals surface area contributed by atoms with E-state index in [4.69, 9.17) is 24.8 Å². The van der Waals surface area contributed by atoms with Crippen molar-refractivity contribution in [2.75, 3.05) is 20.8 Å². The first-order valence-corrected chi connectivity index (χ1v) is 10.2. The Morgan fingerprint density at radius 1 is 1.09 bits per heavy atom. The van der Waals surface area contributed by atoms with Crippen LogP contribution in [0.25, 0.3) is 0 Å². The maximum atomic E-state index is 13.1. The fourth-order valence-electron chi connectivity index (χ4n) is 3.18. The highest BCUT2D eigenvalue weighted by Crippen LogP contribution is 2.16. The molecule has 1 aliphatic rings. The smallest absolute Gasteiger partial charge is 0.417 e. The lowest BCUT2D eigenvalue weighted by Crippen LogP contribution is -2.50. The molecule has 1 aliphatic heterocycles. The minimum atomic E-state index is -0.947. The van der Waals surface area contributed by atoms with Crippen molar-refractivity contribution in [1.82, 2.24) is 4.90 Å². The van der Waals surface area contributed by atoms with Crippen LogP contribution in [0.3, 0.4) is 0 Å². The maximum absolute atomic E-state index is 13.1. The first kappa shape index (κ1) is 23.1. The molecule has 3 rings (SSSR count). The molecule has 0 radical (unpaired) electrons. The molecule has 2 N–H and O–H groups in total. The van der Waals surface area contributed by atoms with Crippen molar-refractivity contribution in [3.05, 3.63) is 65.7 Å². The molecule has 0 aromatic heterocycles. The minimum absolute atomic E-state index is 0.0303. The normalized spacial score (nSPS) is 15.8. The fourth-order valence-corrected chi connectivity index (χ4v) is 3.18. The zero-order chi connectivity index (χ0) is 22.9. The summed E-state index contributed by atoms with van der Waals surface area (Å²) in [5.74, 6) is 0.531. The average Bonchev–Trinajstić information content (AvgIpc) is 3.29. The quantitative estimate of drug-likeness (QED) is 0.670. The SMILES string of the molecule is COC1=NOC(CN(C(=O)OCc2ccccc2)C(=O)[C@@H](N)Cc2ccc(OC)cc2)C1. The topological polar surface area (TPSA) is 113 Å². The highest BCUT2D eigenvalue weighted by Gasteiger charge is 2.33. The van der Waals surface area contributed by atoms with Crippen molar-refractivity contribution in [3.63, 3.8) is 0 Å². The van der Waals surface area contributed by atoms with E-state index < -0.39 is 24.1 Å². The van der Waals surface area contributed by atoms with Gasteiger partial charge in [0.15, 0.2) is 6.10 Å². The molecule has 0 aliphatic carbocycles. The second-order valence-electron chi connectivity index (χ2n) is 7.27. The number of amides is 2. The van der Waals surface area contributed by atoms with Crippen molar-refractivity contribution in [2.24, 2.45) is 10.9 Å². The van der Waals surface area contributed by atoms with Crippen molar-refractivity contribution < 1.29 is 28.6 Å². The van der Waals surface area contributed by atoms with E-state index >= 15 is 0 Å². The van der Waals surface area contributed by atoms with Gasteiger partial charge in [0.2, 0.25) is 11.8 Å². The van der Waals surface area contributed by atoms with Gasteiger partial charge in [-0.3, -0.25) is 4.79 Å². The lowest BCUT2D eigenvalue weighted by Gasteiger charge is -2.25. The van der Waals surface area contributed by atoms with Crippen molar-refractivity contribution in [1.29, 1.82) is 0 Å². The fraction of sp³-hybridized carbons (Fsp3) is 0.348. The number of nitrogens with two attached hydrogens (primary N) is 1. The van der Waals surface area contributed by atoms with Crippen LogP contribution in [0.2, 0.25) is 0 Å². The Hall–Kier alpha value is -3.59. The molecule has 9 heteroatoms. The summed E-state index contributed by atoms with van der Waals surface area (Å²) in [4.78, 5) is 32.2. The highest BCUT2D eigenvalue weighted by atomic mass is 16.7. The molecule has 0 fully saturated rings. The van der Waals surface area contributed by atoms with E-state index in [1.807, 2.05) is 42.5 Å². The molecule has 0 spiro atoms. The molecule has 0 saturated heterocycles. The van der Waals surface area contributed by atoms with Gasteiger partial charge in [0.25, 0.3) is 0 Å². The highest BCUT2D eigenvalue weighted by molar-refractivity contribution is 5.95. The van der Waals surface area contributed by atoms with Crippen LogP contribution in [0.1, 0.15) is 17.5 Å². The van der Waals surface area contributed by atoms with E-state index in [0.717, 1.165) is 16.0 Å². The Balaban J connectivity index is 1.67. The summed E-state index contributed by atoms with van der Waals surface area (Å²) in [6.07, 6.45) is -0.749. The predicted octanol–water partition coefficient (Wildman–Crippen LogP) is 2.48. The molecule has 1 heterocycles. The summed E-state index contributed by atoms with van der Waals surface area (Å²) in [5, 5.41) is 3.79. The third kappa shape index (κ3) is 6.21. The zero-order valence-electron chi connectivity index (χ0n) is 18.1. The molecule has 32 heavy (non-hydrogen) atoms. The van der Waals surface area contributed by atoms with Gasteiger partial charge in [-0.25, -0.2) is 9.69 Å². The van der Waals surface area contributed by atoms with Crippen LogP contribution in [-0.4, -0.2) is 55.7 Å². The summed E-state index contributed by atoms with van der Waals surface area (Å²) < 4.78 is 15.6. The van der Waals surface area contributed by atoms with E-state index in [9.17, 15) is 9.59 Å². The number of carbonyl (C=O) groups is 2. The van der Waals surface area contributed by atoms with Crippen LogP contribution in [0.5, 0.6) is 5.75 Å². The summed E-state index contributed by atoms with van der Waals surface area (Å²) in [7, 11) is 3.05. The van der Waals surface area contributed by atoms with Crippen molar-refractivity contribution >= 4 is 17.9 Å². The lowest BCUT2D eigenvalue weighted by atomic mass is 10.1. The number of benzene rings is 2. The van der Waals surface area contributed by atoms with Crippen LogP contribution < -0.4 is 10.5 Å². The first-order chi connectivity index (χ1) is 15.5. The number of carbonyl (C=O) groups excluding carboxylic acids is 2. The van der Waals surface area contributed by atoms with Crippen molar-refractivity contribution in [2.45, 2.75) is 31.6 Å². The predicted molar refractivity (Wildman–Crippen MR) is 117 cm³/mol. The summed E-state index contributed by atoms with van der Waals surface area (Å²) >= 11 is 0. The molecule has 2 amide bonds.